The van der Waals surface area contributed by atoms with Gasteiger partial charge in [-0.2, -0.15) is 9.97 Å². The molecule has 3 saturated heterocycles. The predicted molar refractivity (Wildman–Crippen MR) is 144 cm³/mol. The quantitative estimate of drug-likeness (QED) is 0.381. The average Bonchev–Trinajstić information content (AvgIpc) is 3.76. The predicted octanol–water partition coefficient (Wildman–Crippen LogP) is 3.79. The van der Waals surface area contributed by atoms with Crippen LogP contribution in [0.15, 0.2) is 30.6 Å². The van der Waals surface area contributed by atoms with Crippen LogP contribution in [0.1, 0.15) is 44.0 Å². The summed E-state index contributed by atoms with van der Waals surface area (Å²) in [6, 6.07) is 7.25. The van der Waals surface area contributed by atoms with Crippen LogP contribution in [-0.4, -0.2) is 97.4 Å². The zero-order chi connectivity index (χ0) is 27.2. The molecule has 0 spiro atoms. The number of imidazole rings is 2. The summed E-state index contributed by atoms with van der Waals surface area (Å²) < 4.78 is 37.6. The van der Waals surface area contributed by atoms with Gasteiger partial charge >= 0.3 is 6.03 Å². The zero-order valence-corrected chi connectivity index (χ0v) is 22.1. The van der Waals surface area contributed by atoms with Gasteiger partial charge < -0.3 is 24.0 Å². The Balaban J connectivity index is 1.30. The van der Waals surface area contributed by atoms with E-state index in [0.29, 0.717) is 67.5 Å². The average molecular weight is 552 g/mol. The fourth-order valence-electron chi connectivity index (χ4n) is 6.08. The lowest BCUT2D eigenvalue weighted by Crippen LogP contribution is -2.45. The van der Waals surface area contributed by atoms with Crippen molar-refractivity contribution in [3.8, 4) is 5.82 Å². The number of hydrogen-bond acceptors (Lipinski definition) is 7. The van der Waals surface area contributed by atoms with E-state index in [9.17, 15) is 13.6 Å². The second-order valence-corrected chi connectivity index (χ2v) is 10.6. The first-order chi connectivity index (χ1) is 19.6. The summed E-state index contributed by atoms with van der Waals surface area (Å²) in [7, 11) is 0. The number of likely N-dealkylation sites (tertiary alicyclic amines) is 2. The van der Waals surface area contributed by atoms with Crippen molar-refractivity contribution in [3.63, 3.8) is 0 Å². The van der Waals surface area contributed by atoms with Crippen molar-refractivity contribution in [2.75, 3.05) is 57.4 Å². The maximum absolute atomic E-state index is 14.3. The van der Waals surface area contributed by atoms with Gasteiger partial charge in [-0.05, 0) is 37.8 Å². The number of rotatable bonds is 4. The molecule has 0 saturated carbocycles. The number of benzene rings is 1. The number of aromatic nitrogens is 6. The number of piperidine rings is 1. The summed E-state index contributed by atoms with van der Waals surface area (Å²) >= 11 is 0. The van der Waals surface area contributed by atoms with E-state index in [1.807, 2.05) is 19.3 Å². The number of carbonyl (C=O) groups excluding carboxylic acids is 1. The fourth-order valence-corrected chi connectivity index (χ4v) is 6.08. The molecule has 3 aliphatic rings. The van der Waals surface area contributed by atoms with Gasteiger partial charge in [0, 0.05) is 45.3 Å². The molecule has 11 nitrogen and oxygen atoms in total. The number of para-hydroxylation sites is 2. The molecule has 1 aromatic carbocycles. The second kappa shape index (κ2) is 10.3. The molecule has 0 N–H and O–H groups in total. The van der Waals surface area contributed by atoms with Crippen LogP contribution in [0, 0.1) is 0 Å². The molecule has 7 rings (SSSR count). The maximum Gasteiger partial charge on any atom is 0.319 e. The Morgan fingerprint density at radius 2 is 1.65 bits per heavy atom. The van der Waals surface area contributed by atoms with Crippen molar-refractivity contribution >= 4 is 34.2 Å². The monoisotopic (exact) mass is 551 g/mol. The molecule has 6 heterocycles. The summed E-state index contributed by atoms with van der Waals surface area (Å²) in [6.45, 7) is 5.23. The molecule has 0 bridgehead atoms. The third kappa shape index (κ3) is 4.32. The van der Waals surface area contributed by atoms with E-state index in [1.165, 1.54) is 4.57 Å². The molecular formula is C27H31F2N9O2. The Kier molecular flexibility index (Phi) is 6.45. The molecule has 3 fully saturated rings. The fraction of sp³-hybridized carbons (Fsp3) is 0.519. The first kappa shape index (κ1) is 25.1. The van der Waals surface area contributed by atoms with Gasteiger partial charge in [-0.1, -0.05) is 12.1 Å². The lowest BCUT2D eigenvalue weighted by molar-refractivity contribution is 0.122. The summed E-state index contributed by atoms with van der Waals surface area (Å²) in [4.78, 5) is 37.5. The van der Waals surface area contributed by atoms with Gasteiger partial charge in [-0.3, -0.25) is 4.57 Å². The molecule has 0 radical (unpaired) electrons. The molecule has 0 unspecified atom stereocenters. The molecule has 2 amide bonds. The topological polar surface area (TPSA) is 97.4 Å². The van der Waals surface area contributed by atoms with E-state index < -0.39 is 6.43 Å². The minimum absolute atomic E-state index is 0.0713. The minimum atomic E-state index is -2.80. The Morgan fingerprint density at radius 1 is 0.925 bits per heavy atom. The Morgan fingerprint density at radius 3 is 2.40 bits per heavy atom. The first-order valence-electron chi connectivity index (χ1n) is 14.0. The lowest BCUT2D eigenvalue weighted by Gasteiger charge is -2.35. The van der Waals surface area contributed by atoms with E-state index in [4.69, 9.17) is 14.7 Å². The number of morpholine rings is 1. The van der Waals surface area contributed by atoms with Gasteiger partial charge in [0.1, 0.15) is 0 Å². The lowest BCUT2D eigenvalue weighted by atomic mass is 10.1. The molecule has 40 heavy (non-hydrogen) atoms. The van der Waals surface area contributed by atoms with Crippen LogP contribution in [0.5, 0.6) is 0 Å². The number of halogens is 2. The summed E-state index contributed by atoms with van der Waals surface area (Å²) in [5, 5.41) is 0. The normalized spacial score (nSPS) is 19.0. The molecule has 0 aliphatic carbocycles. The van der Waals surface area contributed by atoms with Crippen molar-refractivity contribution in [2.24, 2.45) is 0 Å². The molecule has 0 atom stereocenters. The van der Waals surface area contributed by atoms with Crippen LogP contribution in [0.3, 0.4) is 0 Å². The first-order valence-corrected chi connectivity index (χ1v) is 14.0. The Bertz CT molecular complexity index is 1530. The van der Waals surface area contributed by atoms with Crippen molar-refractivity contribution in [2.45, 2.75) is 38.2 Å². The highest BCUT2D eigenvalue weighted by Crippen LogP contribution is 2.33. The molecule has 210 valence electrons. The standard InChI is InChI=1S/C27H31F2N9O2/c28-22(29)25-31-19-5-1-2-6-20(19)38(25)24-21-23(32-26(33-24)34-13-15-40-16-14-34)37(17-30-21)18-7-11-36(12-8-18)27(39)35-9-3-4-10-35/h1-2,5-6,17-18,22H,3-4,7-16H2. The molecule has 13 heteroatoms. The molecule has 3 aromatic heterocycles. The van der Waals surface area contributed by atoms with Gasteiger partial charge in [-0.15, -0.1) is 0 Å². The van der Waals surface area contributed by atoms with Crippen molar-refractivity contribution in [1.82, 2.24) is 38.9 Å². The van der Waals surface area contributed by atoms with Gasteiger partial charge in [0.25, 0.3) is 6.43 Å². The van der Waals surface area contributed by atoms with Crippen LogP contribution in [0.2, 0.25) is 0 Å². The second-order valence-electron chi connectivity index (χ2n) is 10.6. The maximum atomic E-state index is 14.3. The van der Waals surface area contributed by atoms with E-state index in [2.05, 4.69) is 9.97 Å². The molecule has 4 aromatic rings. The van der Waals surface area contributed by atoms with E-state index in [-0.39, 0.29) is 23.7 Å². The van der Waals surface area contributed by atoms with Crippen LogP contribution < -0.4 is 4.90 Å². The molecular weight excluding hydrogens is 520 g/mol. The summed E-state index contributed by atoms with van der Waals surface area (Å²) in [5.74, 6) is 0.362. The third-order valence-electron chi connectivity index (χ3n) is 8.18. The van der Waals surface area contributed by atoms with Gasteiger partial charge in [0.2, 0.25) is 5.95 Å². The van der Waals surface area contributed by atoms with Crippen LogP contribution in [0.25, 0.3) is 28.0 Å². The zero-order valence-electron chi connectivity index (χ0n) is 22.1. The van der Waals surface area contributed by atoms with E-state index in [0.717, 1.165) is 38.8 Å². The number of hydrogen-bond donors (Lipinski definition) is 0. The smallest absolute Gasteiger partial charge is 0.319 e. The SMILES string of the molecule is O=C(N1CCCC1)N1CCC(n2cnc3c(-n4c(C(F)F)nc5ccccc54)nc(N4CCOCC4)nc32)CC1. The number of carbonyl (C=O) groups is 1. The van der Waals surface area contributed by atoms with E-state index in [1.54, 1.807) is 30.6 Å². The number of anilines is 1. The van der Waals surface area contributed by atoms with Crippen LogP contribution in [0.4, 0.5) is 19.5 Å². The number of alkyl halides is 2. The molecule has 3 aliphatic heterocycles. The van der Waals surface area contributed by atoms with Crippen molar-refractivity contribution < 1.29 is 18.3 Å². The highest BCUT2D eigenvalue weighted by atomic mass is 19.3. The highest BCUT2D eigenvalue weighted by Gasteiger charge is 2.31. The third-order valence-corrected chi connectivity index (χ3v) is 8.18. The summed E-state index contributed by atoms with van der Waals surface area (Å²) in [5.41, 5.74) is 2.03. The minimum Gasteiger partial charge on any atom is -0.378 e. The highest BCUT2D eigenvalue weighted by molar-refractivity contribution is 5.85. The van der Waals surface area contributed by atoms with Gasteiger partial charge in [0.15, 0.2) is 22.8 Å². The number of ether oxygens (including phenoxy) is 1. The number of amides is 2. The largest absolute Gasteiger partial charge is 0.378 e. The van der Waals surface area contributed by atoms with Crippen molar-refractivity contribution in [1.29, 1.82) is 0 Å². The van der Waals surface area contributed by atoms with E-state index >= 15 is 0 Å². The Labute approximate surface area is 229 Å². The number of fused-ring (bicyclic) bond motifs is 2. The van der Waals surface area contributed by atoms with Crippen LogP contribution in [-0.2, 0) is 4.74 Å². The number of urea groups is 1. The Hall–Kier alpha value is -3.87. The van der Waals surface area contributed by atoms with Crippen LogP contribution >= 0.6 is 0 Å². The van der Waals surface area contributed by atoms with Gasteiger partial charge in [0.05, 0.1) is 30.6 Å². The number of nitrogens with zero attached hydrogens (tertiary/aromatic N) is 9. The van der Waals surface area contributed by atoms with Crippen molar-refractivity contribution in [3.05, 3.63) is 36.4 Å². The van der Waals surface area contributed by atoms with Gasteiger partial charge in [-0.25, -0.2) is 23.5 Å². The summed E-state index contributed by atoms with van der Waals surface area (Å²) in [6.07, 6.45) is 2.58.